The highest BCUT2D eigenvalue weighted by Gasteiger charge is 2.44. The molecule has 2 fully saturated rings. The molecule has 5 atom stereocenters. The van der Waals surface area contributed by atoms with Gasteiger partial charge < -0.3 is 9.84 Å². The van der Waals surface area contributed by atoms with Crippen LogP contribution in [0.4, 0.5) is 0 Å². The third-order valence-corrected chi connectivity index (χ3v) is 4.98. The lowest BCUT2D eigenvalue weighted by atomic mass is 9.70. The summed E-state index contributed by atoms with van der Waals surface area (Å²) in [6.45, 7) is -1.09. The van der Waals surface area contributed by atoms with Gasteiger partial charge in [-0.3, -0.25) is 14.9 Å². The third kappa shape index (κ3) is 3.72. The van der Waals surface area contributed by atoms with Gasteiger partial charge in [-0.1, -0.05) is 49.6 Å². The average Bonchev–Trinajstić information content (AvgIpc) is 2.61. The Morgan fingerprint density at radius 3 is 2.74 bits per heavy atom. The number of ether oxygens (including phenoxy) is 1. The highest BCUT2D eigenvalue weighted by Crippen LogP contribution is 2.38. The first kappa shape index (κ1) is 14.7. The Morgan fingerprint density at radius 2 is 2.00 bits per heavy atom. The van der Waals surface area contributed by atoms with Gasteiger partial charge in [-0.05, 0) is 30.2 Å². The molecule has 1 aliphatic carbocycles. The molecule has 5 unspecified atom stereocenters. The number of hydrogen-bond acceptors (Lipinski definition) is 4. The molecule has 124 valence electrons. The van der Waals surface area contributed by atoms with E-state index in [1.165, 1.54) is 0 Å². The quantitative estimate of drug-likeness (QED) is 0.834. The molecule has 1 heterocycles. The number of benzene rings is 1. The molecule has 0 spiro atoms. The van der Waals surface area contributed by atoms with Crippen LogP contribution in [0.25, 0.3) is 0 Å². The van der Waals surface area contributed by atoms with Gasteiger partial charge in [-0.25, -0.2) is 0 Å². The lowest BCUT2D eigenvalue weighted by molar-refractivity contribution is -0.154. The second-order valence-electron chi connectivity index (χ2n) is 6.44. The Kier molecular flexibility index (Phi) is 4.56. The fraction of sp³-hybridized carbons (Fsp3) is 0.556. The van der Waals surface area contributed by atoms with Crippen LogP contribution < -0.4 is 5.32 Å². The maximum Gasteiger partial charge on any atom is 0.323 e. The van der Waals surface area contributed by atoms with E-state index in [1.54, 1.807) is 24.3 Å². The van der Waals surface area contributed by atoms with Crippen molar-refractivity contribution in [2.24, 2.45) is 11.8 Å². The zero-order valence-electron chi connectivity index (χ0n) is 14.0. The summed E-state index contributed by atoms with van der Waals surface area (Å²) in [7, 11) is 0. The fourth-order valence-electron chi connectivity index (χ4n) is 3.82. The highest BCUT2D eigenvalue weighted by atomic mass is 16.5. The number of aliphatic carboxylic acids is 1. The van der Waals surface area contributed by atoms with Crippen LogP contribution in [0, 0.1) is 11.8 Å². The molecule has 1 saturated heterocycles. The molecule has 23 heavy (non-hydrogen) atoms. The molecule has 0 bridgehead atoms. The predicted octanol–water partition coefficient (Wildman–Crippen LogP) is 2.35. The van der Waals surface area contributed by atoms with Gasteiger partial charge in [-0.15, -0.1) is 0 Å². The number of carboxylic acids is 1. The number of fused-ring (bicyclic) bond motifs is 1. The van der Waals surface area contributed by atoms with E-state index in [0.29, 0.717) is 12.0 Å². The number of carbonyl (C=O) groups is 2. The Bertz CT molecular complexity index is 594. The van der Waals surface area contributed by atoms with Gasteiger partial charge in [0.15, 0.2) is 0 Å². The Balaban J connectivity index is 1.72. The maximum absolute atomic E-state index is 12.6. The van der Waals surface area contributed by atoms with Crippen molar-refractivity contribution in [1.82, 2.24) is 5.32 Å². The second kappa shape index (κ2) is 7.13. The lowest BCUT2D eigenvalue weighted by Gasteiger charge is -2.43. The molecule has 0 radical (unpaired) electrons. The second-order valence-corrected chi connectivity index (χ2v) is 6.44. The molecule has 5 heteroatoms. The zero-order chi connectivity index (χ0) is 17.1. The van der Waals surface area contributed by atoms with Crippen molar-refractivity contribution in [1.29, 1.82) is 0 Å². The minimum atomic E-state index is -1.09. The van der Waals surface area contributed by atoms with E-state index in [0.717, 1.165) is 25.7 Å². The van der Waals surface area contributed by atoms with Crippen molar-refractivity contribution in [2.75, 3.05) is 0 Å². The zero-order valence-corrected chi connectivity index (χ0v) is 13.0. The normalized spacial score (nSPS) is 32.3. The molecule has 1 aromatic rings. The average molecular weight is 318 g/mol. The minimum Gasteiger partial charge on any atom is -0.480 e. The van der Waals surface area contributed by atoms with E-state index in [-0.39, 0.29) is 11.8 Å². The molecule has 2 aliphatic rings. The standard InChI is InChI=1S/C18H23NO4/c20-17(21)15-10-13-8-4-5-9-14(13)16(19-15)18(22)23-11-12-6-2-1-3-7-12/h1-3,6-7,13-16,19H,4-5,8-11H2,(H,20,21)/i11D. The molecular weight excluding hydrogens is 294 g/mol. The van der Waals surface area contributed by atoms with Crippen LogP contribution in [-0.4, -0.2) is 29.1 Å². The monoisotopic (exact) mass is 318 g/mol. The van der Waals surface area contributed by atoms with Crippen LogP contribution in [-0.2, 0) is 20.9 Å². The lowest BCUT2D eigenvalue weighted by Crippen LogP contribution is -2.58. The van der Waals surface area contributed by atoms with Crippen LogP contribution in [0.3, 0.4) is 0 Å². The molecule has 3 rings (SSSR count). The first-order valence-corrected chi connectivity index (χ1v) is 8.23. The van der Waals surface area contributed by atoms with E-state index in [2.05, 4.69) is 5.32 Å². The van der Waals surface area contributed by atoms with Crippen molar-refractivity contribution in [3.8, 4) is 0 Å². The summed E-state index contributed by atoms with van der Waals surface area (Å²) >= 11 is 0. The third-order valence-electron chi connectivity index (χ3n) is 4.98. The molecule has 1 saturated carbocycles. The summed E-state index contributed by atoms with van der Waals surface area (Å²) in [6.07, 6.45) is 4.56. The largest absolute Gasteiger partial charge is 0.480 e. The van der Waals surface area contributed by atoms with Crippen molar-refractivity contribution in [2.45, 2.75) is 50.8 Å². The van der Waals surface area contributed by atoms with Crippen LogP contribution in [0.1, 0.15) is 39.0 Å². The number of carbonyl (C=O) groups excluding carboxylic acids is 1. The summed E-state index contributed by atoms with van der Waals surface area (Å²) < 4.78 is 13.4. The summed E-state index contributed by atoms with van der Waals surface area (Å²) in [5.74, 6) is -1.10. The summed E-state index contributed by atoms with van der Waals surface area (Å²) in [4.78, 5) is 24.0. The van der Waals surface area contributed by atoms with E-state index in [4.69, 9.17) is 6.11 Å². The van der Waals surface area contributed by atoms with Crippen LogP contribution in [0.5, 0.6) is 0 Å². The van der Waals surface area contributed by atoms with Crippen LogP contribution in [0.2, 0.25) is 0 Å². The summed E-state index contributed by atoms with van der Waals surface area (Å²) in [5.41, 5.74) is 0.608. The fourth-order valence-corrected chi connectivity index (χ4v) is 3.82. The van der Waals surface area contributed by atoms with Gasteiger partial charge in [0.25, 0.3) is 0 Å². The number of carboxylic acid groups (broad SMARTS) is 1. The van der Waals surface area contributed by atoms with Crippen molar-refractivity contribution < 1.29 is 20.8 Å². The van der Waals surface area contributed by atoms with Gasteiger partial charge in [0.05, 0.1) is 1.37 Å². The molecule has 1 aliphatic heterocycles. The molecule has 1 aromatic carbocycles. The number of rotatable bonds is 4. The minimum absolute atomic E-state index is 0.102. The SMILES string of the molecule is [2H]C(OC(=O)C1NC(C(=O)O)CC2CCCCC21)c1ccccc1. The van der Waals surface area contributed by atoms with Crippen molar-refractivity contribution in [3.63, 3.8) is 0 Å². The van der Waals surface area contributed by atoms with E-state index in [1.807, 2.05) is 6.07 Å². The predicted molar refractivity (Wildman–Crippen MR) is 84.7 cm³/mol. The number of piperidine rings is 1. The van der Waals surface area contributed by atoms with Gasteiger partial charge in [0.1, 0.15) is 18.7 Å². The molecule has 0 amide bonds. The topological polar surface area (TPSA) is 75.6 Å². The van der Waals surface area contributed by atoms with E-state index >= 15 is 0 Å². The van der Waals surface area contributed by atoms with Gasteiger partial charge in [0.2, 0.25) is 0 Å². The Morgan fingerprint density at radius 1 is 1.26 bits per heavy atom. The van der Waals surface area contributed by atoms with Crippen LogP contribution in [0.15, 0.2) is 30.3 Å². The summed E-state index contributed by atoms with van der Waals surface area (Å²) in [5, 5.41) is 12.3. The van der Waals surface area contributed by atoms with Crippen molar-refractivity contribution >= 4 is 11.9 Å². The maximum atomic E-state index is 12.6. The van der Waals surface area contributed by atoms with Gasteiger partial charge in [0, 0.05) is 0 Å². The molecule has 2 N–H and O–H groups in total. The van der Waals surface area contributed by atoms with Crippen LogP contribution >= 0.6 is 0 Å². The smallest absolute Gasteiger partial charge is 0.323 e. The number of nitrogens with one attached hydrogen (secondary N) is 1. The first-order chi connectivity index (χ1) is 11.6. The Hall–Kier alpha value is -1.88. The number of hydrogen-bond donors (Lipinski definition) is 2. The molecule has 0 aromatic heterocycles. The van der Waals surface area contributed by atoms with Gasteiger partial charge >= 0.3 is 11.9 Å². The Labute approximate surface area is 137 Å². The van der Waals surface area contributed by atoms with E-state index in [9.17, 15) is 14.7 Å². The molecule has 5 nitrogen and oxygen atoms in total. The highest BCUT2D eigenvalue weighted by molar-refractivity contribution is 5.79. The van der Waals surface area contributed by atoms with E-state index < -0.39 is 30.6 Å². The molecular formula is C18H23NO4. The summed E-state index contributed by atoms with van der Waals surface area (Å²) in [6, 6.07) is 7.54. The van der Waals surface area contributed by atoms with Gasteiger partial charge in [-0.2, -0.15) is 0 Å². The van der Waals surface area contributed by atoms with Crippen molar-refractivity contribution in [3.05, 3.63) is 35.9 Å². The number of esters is 1. The first-order valence-electron chi connectivity index (χ1n) is 8.80.